The second-order valence-electron chi connectivity index (χ2n) is 6.09. The first-order valence-corrected chi connectivity index (χ1v) is 7.74. The van der Waals surface area contributed by atoms with E-state index in [0.29, 0.717) is 35.8 Å². The fraction of sp³-hybridized carbons (Fsp3) is 0.294. The number of piperidine rings is 1. The predicted octanol–water partition coefficient (Wildman–Crippen LogP) is 2.85. The molecule has 1 atom stereocenters. The Balaban J connectivity index is 0.00000182. The molecule has 25 heavy (non-hydrogen) atoms. The second kappa shape index (κ2) is 6.57. The molecular formula is C17H16ClF2N3O2. The number of rotatable bonds is 2. The van der Waals surface area contributed by atoms with Gasteiger partial charge in [0.05, 0.1) is 0 Å². The number of hydrogen-bond donors (Lipinski definition) is 2. The Labute approximate surface area is 148 Å². The maximum atomic E-state index is 13.4. The molecule has 2 aliphatic heterocycles. The van der Waals surface area contributed by atoms with Gasteiger partial charge in [0, 0.05) is 18.2 Å². The Morgan fingerprint density at radius 1 is 1.12 bits per heavy atom. The predicted molar refractivity (Wildman–Crippen MR) is 90.5 cm³/mol. The lowest BCUT2D eigenvalue weighted by Crippen LogP contribution is -2.50. The van der Waals surface area contributed by atoms with E-state index in [-0.39, 0.29) is 18.3 Å². The quantitative estimate of drug-likeness (QED) is 0.857. The van der Waals surface area contributed by atoms with Crippen LogP contribution in [0.3, 0.4) is 0 Å². The summed E-state index contributed by atoms with van der Waals surface area (Å²) >= 11 is 0. The van der Waals surface area contributed by atoms with Gasteiger partial charge < -0.3 is 9.73 Å². The molecule has 1 aromatic carbocycles. The highest BCUT2D eigenvalue weighted by atomic mass is 35.5. The molecule has 2 N–H and O–H groups in total. The Morgan fingerprint density at radius 2 is 1.84 bits per heavy atom. The number of nitrogens with zero attached hydrogens (tertiary/aromatic N) is 1. The third-order valence-corrected chi connectivity index (χ3v) is 4.53. The minimum absolute atomic E-state index is 0. The van der Waals surface area contributed by atoms with Crippen molar-refractivity contribution in [2.24, 2.45) is 10.5 Å². The van der Waals surface area contributed by atoms with Gasteiger partial charge in [-0.25, -0.2) is 14.2 Å². The van der Waals surface area contributed by atoms with Gasteiger partial charge in [-0.05, 0) is 43.7 Å². The monoisotopic (exact) mass is 367 g/mol. The van der Waals surface area contributed by atoms with E-state index in [1.54, 1.807) is 12.1 Å². The largest absolute Gasteiger partial charge is 0.455 e. The van der Waals surface area contributed by atoms with Crippen molar-refractivity contribution in [1.82, 2.24) is 10.7 Å². The lowest BCUT2D eigenvalue weighted by molar-refractivity contribution is -0.126. The molecule has 1 aromatic heterocycles. The Bertz CT molecular complexity index is 824. The van der Waals surface area contributed by atoms with Crippen LogP contribution in [0.4, 0.5) is 8.78 Å². The van der Waals surface area contributed by atoms with Crippen molar-refractivity contribution >= 4 is 24.0 Å². The molecule has 3 heterocycles. The van der Waals surface area contributed by atoms with Gasteiger partial charge >= 0.3 is 0 Å². The van der Waals surface area contributed by atoms with Crippen molar-refractivity contribution < 1.29 is 18.0 Å². The van der Waals surface area contributed by atoms with Crippen LogP contribution in [-0.4, -0.2) is 24.7 Å². The maximum Gasteiger partial charge on any atom is 0.253 e. The van der Waals surface area contributed by atoms with Crippen LogP contribution in [-0.2, 0) is 4.79 Å². The molecule has 1 spiro atoms. The van der Waals surface area contributed by atoms with Gasteiger partial charge in [-0.15, -0.1) is 12.4 Å². The van der Waals surface area contributed by atoms with E-state index >= 15 is 0 Å². The molecule has 0 aliphatic carbocycles. The lowest BCUT2D eigenvalue weighted by Gasteiger charge is -2.31. The standard InChI is InChI=1S/C17H15F2N3O2.ClH/c18-11-6-10(7-12(19)8-11)13-2-3-14(24-13)15-17(16(23)22-21-15)4-1-5-20-9-17;/h2-3,6-8,20H,1,4-5,9H2,(H,22,23);1H. The van der Waals surface area contributed by atoms with E-state index in [9.17, 15) is 13.6 Å². The number of carbonyl (C=O) groups excluding carboxylic acids is 1. The summed E-state index contributed by atoms with van der Waals surface area (Å²) in [5.41, 5.74) is 2.60. The van der Waals surface area contributed by atoms with Crippen LogP contribution in [0.15, 0.2) is 39.9 Å². The average molecular weight is 368 g/mol. The number of furan rings is 1. The van der Waals surface area contributed by atoms with E-state index < -0.39 is 17.0 Å². The van der Waals surface area contributed by atoms with E-state index in [1.165, 1.54) is 12.1 Å². The van der Waals surface area contributed by atoms with Gasteiger partial charge in [-0.1, -0.05) is 0 Å². The van der Waals surface area contributed by atoms with Crippen LogP contribution in [0.5, 0.6) is 0 Å². The summed E-state index contributed by atoms with van der Waals surface area (Å²) in [7, 11) is 0. The molecule has 0 radical (unpaired) electrons. The number of hydrogen-bond acceptors (Lipinski definition) is 4. The van der Waals surface area contributed by atoms with Gasteiger partial charge in [-0.3, -0.25) is 4.79 Å². The summed E-state index contributed by atoms with van der Waals surface area (Å²) in [6.07, 6.45) is 1.53. The fourth-order valence-corrected chi connectivity index (χ4v) is 3.34. The van der Waals surface area contributed by atoms with E-state index in [2.05, 4.69) is 15.8 Å². The summed E-state index contributed by atoms with van der Waals surface area (Å²) in [6.45, 7) is 1.34. The van der Waals surface area contributed by atoms with Crippen molar-refractivity contribution in [3.05, 3.63) is 47.7 Å². The van der Waals surface area contributed by atoms with Crippen molar-refractivity contribution in [2.75, 3.05) is 13.1 Å². The fourth-order valence-electron chi connectivity index (χ4n) is 3.34. The molecule has 132 valence electrons. The van der Waals surface area contributed by atoms with Crippen LogP contribution in [0.1, 0.15) is 18.6 Å². The van der Waals surface area contributed by atoms with Crippen LogP contribution >= 0.6 is 12.4 Å². The Morgan fingerprint density at radius 3 is 2.52 bits per heavy atom. The summed E-state index contributed by atoms with van der Waals surface area (Å²) < 4.78 is 32.5. The smallest absolute Gasteiger partial charge is 0.253 e. The first-order valence-electron chi connectivity index (χ1n) is 7.74. The number of carbonyl (C=O) groups is 1. The number of amides is 1. The van der Waals surface area contributed by atoms with Crippen molar-refractivity contribution in [2.45, 2.75) is 12.8 Å². The van der Waals surface area contributed by atoms with Crippen LogP contribution in [0.25, 0.3) is 11.3 Å². The van der Waals surface area contributed by atoms with Crippen LogP contribution < -0.4 is 10.7 Å². The SMILES string of the molecule is Cl.O=C1NN=C(c2ccc(-c3cc(F)cc(F)c3)o2)C12CCCNC2. The van der Waals surface area contributed by atoms with E-state index in [0.717, 1.165) is 19.0 Å². The zero-order chi connectivity index (χ0) is 16.7. The molecule has 1 saturated heterocycles. The molecule has 1 amide bonds. The first-order chi connectivity index (χ1) is 11.6. The average Bonchev–Trinajstić information content (AvgIpc) is 3.14. The molecule has 2 aromatic rings. The Kier molecular flexibility index (Phi) is 4.62. The summed E-state index contributed by atoms with van der Waals surface area (Å²) in [5, 5.41) is 7.36. The topological polar surface area (TPSA) is 66.6 Å². The number of benzene rings is 1. The zero-order valence-corrected chi connectivity index (χ0v) is 14.0. The minimum Gasteiger partial charge on any atom is -0.455 e. The van der Waals surface area contributed by atoms with Crippen molar-refractivity contribution in [3.8, 4) is 11.3 Å². The molecule has 0 bridgehead atoms. The van der Waals surface area contributed by atoms with Gasteiger partial charge in [0.2, 0.25) is 0 Å². The van der Waals surface area contributed by atoms with Gasteiger partial charge in [0.15, 0.2) is 5.76 Å². The molecule has 4 rings (SSSR count). The number of nitrogens with one attached hydrogen (secondary N) is 2. The highest BCUT2D eigenvalue weighted by Gasteiger charge is 2.49. The van der Waals surface area contributed by atoms with Gasteiger partial charge in [-0.2, -0.15) is 5.10 Å². The first kappa shape index (κ1) is 17.6. The summed E-state index contributed by atoms with van der Waals surface area (Å²) in [6, 6.07) is 6.50. The third kappa shape index (κ3) is 2.94. The lowest BCUT2D eigenvalue weighted by atomic mass is 9.75. The van der Waals surface area contributed by atoms with E-state index in [4.69, 9.17) is 4.42 Å². The number of halogens is 3. The molecule has 5 nitrogen and oxygen atoms in total. The van der Waals surface area contributed by atoms with Crippen molar-refractivity contribution in [3.63, 3.8) is 0 Å². The maximum absolute atomic E-state index is 13.4. The highest BCUT2D eigenvalue weighted by molar-refractivity contribution is 6.19. The molecule has 1 fully saturated rings. The molecule has 8 heteroatoms. The zero-order valence-electron chi connectivity index (χ0n) is 13.1. The molecule has 2 aliphatic rings. The second-order valence-corrected chi connectivity index (χ2v) is 6.09. The summed E-state index contributed by atoms with van der Waals surface area (Å²) in [4.78, 5) is 12.3. The van der Waals surface area contributed by atoms with Gasteiger partial charge in [0.25, 0.3) is 5.91 Å². The van der Waals surface area contributed by atoms with Crippen molar-refractivity contribution in [1.29, 1.82) is 0 Å². The van der Waals surface area contributed by atoms with E-state index in [1.807, 2.05) is 0 Å². The third-order valence-electron chi connectivity index (χ3n) is 4.53. The van der Waals surface area contributed by atoms with Crippen LogP contribution in [0, 0.1) is 17.0 Å². The molecule has 1 unspecified atom stereocenters. The minimum atomic E-state index is -0.749. The highest BCUT2D eigenvalue weighted by Crippen LogP contribution is 2.36. The Hall–Kier alpha value is -2.25. The van der Waals surface area contributed by atoms with Crippen LogP contribution in [0.2, 0.25) is 0 Å². The van der Waals surface area contributed by atoms with Gasteiger partial charge in [0.1, 0.15) is 28.5 Å². The number of hydrazone groups is 1. The molecular weight excluding hydrogens is 352 g/mol. The normalized spacial score (nSPS) is 22.5. The molecule has 0 saturated carbocycles. The summed E-state index contributed by atoms with van der Waals surface area (Å²) in [5.74, 6) is -0.752.